The standard InChI is InChI=1S/C11H24N2S/c1-5-9(2)11(12-3)10-8-14-7-6-13(10)4/h9-12H,5-8H2,1-4H3. The Bertz CT molecular complexity index is 159. The van der Waals surface area contributed by atoms with Crippen molar-refractivity contribution in [1.29, 1.82) is 0 Å². The van der Waals surface area contributed by atoms with Crippen LogP contribution in [0.4, 0.5) is 0 Å². The first-order chi connectivity index (χ1) is 6.70. The van der Waals surface area contributed by atoms with E-state index in [4.69, 9.17) is 0 Å². The summed E-state index contributed by atoms with van der Waals surface area (Å²) < 4.78 is 0. The van der Waals surface area contributed by atoms with Gasteiger partial charge in [-0.05, 0) is 20.0 Å². The van der Waals surface area contributed by atoms with E-state index >= 15 is 0 Å². The van der Waals surface area contributed by atoms with Gasteiger partial charge in [-0.3, -0.25) is 0 Å². The number of hydrogen-bond acceptors (Lipinski definition) is 3. The van der Waals surface area contributed by atoms with Crippen LogP contribution in [0.1, 0.15) is 20.3 Å². The lowest BCUT2D eigenvalue weighted by atomic mass is 9.93. The molecule has 1 rings (SSSR count). The quantitative estimate of drug-likeness (QED) is 0.769. The molecule has 2 nitrogen and oxygen atoms in total. The van der Waals surface area contributed by atoms with Crippen LogP contribution in [0.25, 0.3) is 0 Å². The van der Waals surface area contributed by atoms with Gasteiger partial charge in [-0.1, -0.05) is 20.3 Å². The van der Waals surface area contributed by atoms with Gasteiger partial charge in [-0.25, -0.2) is 0 Å². The van der Waals surface area contributed by atoms with Gasteiger partial charge >= 0.3 is 0 Å². The smallest absolute Gasteiger partial charge is 0.0339 e. The molecule has 1 aliphatic rings. The molecule has 1 heterocycles. The second-order valence-corrected chi connectivity index (χ2v) is 5.47. The highest BCUT2D eigenvalue weighted by atomic mass is 32.2. The minimum Gasteiger partial charge on any atom is -0.315 e. The fourth-order valence-corrected chi connectivity index (χ4v) is 3.48. The first-order valence-corrected chi connectivity index (χ1v) is 6.81. The molecule has 1 saturated heterocycles. The van der Waals surface area contributed by atoms with Crippen molar-refractivity contribution in [3.05, 3.63) is 0 Å². The molecule has 3 atom stereocenters. The zero-order chi connectivity index (χ0) is 10.6. The zero-order valence-electron chi connectivity index (χ0n) is 9.92. The van der Waals surface area contributed by atoms with Gasteiger partial charge in [0.05, 0.1) is 0 Å². The first kappa shape index (κ1) is 12.3. The van der Waals surface area contributed by atoms with E-state index in [1.54, 1.807) is 0 Å². The van der Waals surface area contributed by atoms with Crippen molar-refractivity contribution < 1.29 is 0 Å². The normalized spacial score (nSPS) is 28.7. The molecule has 3 unspecified atom stereocenters. The van der Waals surface area contributed by atoms with E-state index in [-0.39, 0.29) is 0 Å². The lowest BCUT2D eigenvalue weighted by molar-refractivity contribution is 0.183. The highest BCUT2D eigenvalue weighted by Gasteiger charge is 2.29. The van der Waals surface area contributed by atoms with Crippen molar-refractivity contribution in [2.24, 2.45) is 5.92 Å². The molecule has 0 spiro atoms. The predicted octanol–water partition coefficient (Wildman–Crippen LogP) is 1.67. The van der Waals surface area contributed by atoms with Crippen molar-refractivity contribution in [1.82, 2.24) is 10.2 Å². The summed E-state index contributed by atoms with van der Waals surface area (Å²) in [5, 5.41) is 3.50. The summed E-state index contributed by atoms with van der Waals surface area (Å²) in [4.78, 5) is 2.52. The van der Waals surface area contributed by atoms with Crippen LogP contribution in [0.3, 0.4) is 0 Å². The largest absolute Gasteiger partial charge is 0.315 e. The Kier molecular flexibility index (Phi) is 5.28. The van der Waals surface area contributed by atoms with E-state index in [1.807, 2.05) is 0 Å². The summed E-state index contributed by atoms with van der Waals surface area (Å²) in [6, 6.07) is 1.37. The van der Waals surface area contributed by atoms with Crippen LogP contribution in [-0.2, 0) is 0 Å². The van der Waals surface area contributed by atoms with Crippen molar-refractivity contribution in [3.8, 4) is 0 Å². The summed E-state index contributed by atoms with van der Waals surface area (Å²) in [5.74, 6) is 3.35. The molecular weight excluding hydrogens is 192 g/mol. The third-order valence-electron chi connectivity index (χ3n) is 3.45. The summed E-state index contributed by atoms with van der Waals surface area (Å²) in [6.07, 6.45) is 1.26. The van der Waals surface area contributed by atoms with Crippen LogP contribution in [0.5, 0.6) is 0 Å². The van der Waals surface area contributed by atoms with Crippen molar-refractivity contribution in [3.63, 3.8) is 0 Å². The highest BCUT2D eigenvalue weighted by Crippen LogP contribution is 2.22. The summed E-state index contributed by atoms with van der Waals surface area (Å²) in [7, 11) is 4.36. The van der Waals surface area contributed by atoms with Gasteiger partial charge in [-0.15, -0.1) is 0 Å². The van der Waals surface area contributed by atoms with Crippen LogP contribution >= 0.6 is 11.8 Å². The van der Waals surface area contributed by atoms with Gasteiger partial charge in [0, 0.05) is 30.1 Å². The number of likely N-dealkylation sites (N-methyl/N-ethyl adjacent to an activating group) is 2. The Morgan fingerprint density at radius 1 is 1.57 bits per heavy atom. The Hall–Kier alpha value is 0.270. The van der Waals surface area contributed by atoms with Crippen molar-refractivity contribution >= 4 is 11.8 Å². The van der Waals surface area contributed by atoms with E-state index in [0.717, 1.165) is 5.92 Å². The van der Waals surface area contributed by atoms with Crippen LogP contribution in [0, 0.1) is 5.92 Å². The van der Waals surface area contributed by atoms with Gasteiger partial charge in [-0.2, -0.15) is 11.8 Å². The second kappa shape index (κ2) is 5.99. The molecule has 84 valence electrons. The van der Waals surface area contributed by atoms with E-state index in [9.17, 15) is 0 Å². The number of nitrogens with zero attached hydrogens (tertiary/aromatic N) is 1. The topological polar surface area (TPSA) is 15.3 Å². The molecule has 0 aromatic rings. The number of hydrogen-bond donors (Lipinski definition) is 1. The SMILES string of the molecule is CCC(C)C(NC)C1CSCCN1C. The molecule has 14 heavy (non-hydrogen) atoms. The number of rotatable bonds is 4. The maximum absolute atomic E-state index is 3.50. The van der Waals surface area contributed by atoms with E-state index in [2.05, 4.69) is 49.9 Å². The van der Waals surface area contributed by atoms with E-state index in [1.165, 1.54) is 24.5 Å². The van der Waals surface area contributed by atoms with Crippen LogP contribution < -0.4 is 5.32 Å². The summed E-state index contributed by atoms with van der Waals surface area (Å²) in [5.41, 5.74) is 0. The highest BCUT2D eigenvalue weighted by molar-refractivity contribution is 7.99. The Labute approximate surface area is 92.8 Å². The lowest BCUT2D eigenvalue weighted by Gasteiger charge is -2.40. The maximum Gasteiger partial charge on any atom is 0.0339 e. The van der Waals surface area contributed by atoms with E-state index < -0.39 is 0 Å². The van der Waals surface area contributed by atoms with Gasteiger partial charge < -0.3 is 10.2 Å². The van der Waals surface area contributed by atoms with Gasteiger partial charge in [0.1, 0.15) is 0 Å². The van der Waals surface area contributed by atoms with Gasteiger partial charge in [0.2, 0.25) is 0 Å². The molecular formula is C11H24N2S. The Morgan fingerprint density at radius 3 is 2.79 bits per heavy atom. The Morgan fingerprint density at radius 2 is 2.29 bits per heavy atom. The average molecular weight is 216 g/mol. The molecule has 0 saturated carbocycles. The summed E-state index contributed by atoms with van der Waals surface area (Å²) in [6.45, 7) is 5.88. The molecule has 3 heteroatoms. The molecule has 1 fully saturated rings. The van der Waals surface area contributed by atoms with Crippen molar-refractivity contribution in [2.75, 3.05) is 32.1 Å². The average Bonchev–Trinajstić information content (AvgIpc) is 2.21. The predicted molar refractivity (Wildman–Crippen MR) is 66.0 cm³/mol. The second-order valence-electron chi connectivity index (χ2n) is 4.32. The molecule has 0 aromatic heterocycles. The van der Waals surface area contributed by atoms with E-state index in [0.29, 0.717) is 12.1 Å². The number of nitrogens with one attached hydrogen (secondary N) is 1. The lowest BCUT2D eigenvalue weighted by Crippen LogP contribution is -2.54. The minimum absolute atomic E-state index is 0.651. The first-order valence-electron chi connectivity index (χ1n) is 5.66. The van der Waals surface area contributed by atoms with Crippen molar-refractivity contribution in [2.45, 2.75) is 32.4 Å². The molecule has 0 aromatic carbocycles. The zero-order valence-corrected chi connectivity index (χ0v) is 10.7. The monoisotopic (exact) mass is 216 g/mol. The van der Waals surface area contributed by atoms with Crippen LogP contribution in [-0.4, -0.2) is 49.1 Å². The Balaban J connectivity index is 2.57. The fraction of sp³-hybridized carbons (Fsp3) is 1.00. The van der Waals surface area contributed by atoms with Gasteiger partial charge in [0.15, 0.2) is 0 Å². The molecule has 1 N–H and O–H groups in total. The third-order valence-corrected chi connectivity index (χ3v) is 4.50. The molecule has 0 radical (unpaired) electrons. The minimum atomic E-state index is 0.651. The van der Waals surface area contributed by atoms with Crippen LogP contribution in [0.2, 0.25) is 0 Å². The van der Waals surface area contributed by atoms with Gasteiger partial charge in [0.25, 0.3) is 0 Å². The summed E-state index contributed by atoms with van der Waals surface area (Å²) >= 11 is 2.10. The number of thioether (sulfide) groups is 1. The molecule has 0 bridgehead atoms. The maximum atomic E-state index is 3.50. The fourth-order valence-electron chi connectivity index (χ4n) is 2.19. The third kappa shape index (κ3) is 2.88. The van der Waals surface area contributed by atoms with Crippen LogP contribution in [0.15, 0.2) is 0 Å². The molecule has 0 amide bonds. The molecule has 0 aliphatic carbocycles. The molecule has 1 aliphatic heterocycles.